The number of nitrogens with two attached hydrogens (primary N) is 1. The standard InChI is InChI=1S/C10H15N3/c1-2-7-6-9(7)13-10-8(11)4-3-5-12-10/h3-5,7,9H,2,6,11H2,1H3,(H,12,13). The molecule has 1 aromatic rings. The first kappa shape index (κ1) is 8.35. The van der Waals surface area contributed by atoms with E-state index in [9.17, 15) is 0 Å². The summed E-state index contributed by atoms with van der Waals surface area (Å²) in [5, 5.41) is 3.35. The van der Waals surface area contributed by atoms with E-state index < -0.39 is 0 Å². The van der Waals surface area contributed by atoms with Crippen molar-refractivity contribution in [3.63, 3.8) is 0 Å². The minimum absolute atomic E-state index is 0.599. The van der Waals surface area contributed by atoms with E-state index in [0.29, 0.717) is 6.04 Å². The highest BCUT2D eigenvalue weighted by molar-refractivity contribution is 5.61. The van der Waals surface area contributed by atoms with Crippen molar-refractivity contribution in [2.24, 2.45) is 5.92 Å². The molecule has 0 amide bonds. The van der Waals surface area contributed by atoms with Crippen LogP contribution in [0.3, 0.4) is 0 Å². The van der Waals surface area contributed by atoms with Crippen molar-refractivity contribution in [1.82, 2.24) is 4.98 Å². The molecule has 1 aliphatic rings. The van der Waals surface area contributed by atoms with Gasteiger partial charge in [-0.05, 0) is 24.5 Å². The Kier molecular flexibility index (Phi) is 2.08. The number of nitrogens with one attached hydrogen (secondary N) is 1. The Balaban J connectivity index is 1.99. The normalized spacial score (nSPS) is 25.6. The largest absolute Gasteiger partial charge is 0.396 e. The van der Waals surface area contributed by atoms with Gasteiger partial charge >= 0.3 is 0 Å². The van der Waals surface area contributed by atoms with E-state index in [1.807, 2.05) is 12.1 Å². The number of hydrogen-bond acceptors (Lipinski definition) is 3. The van der Waals surface area contributed by atoms with Crippen LogP contribution in [0.2, 0.25) is 0 Å². The zero-order valence-corrected chi connectivity index (χ0v) is 7.83. The number of pyridine rings is 1. The van der Waals surface area contributed by atoms with Crippen LogP contribution >= 0.6 is 0 Å². The van der Waals surface area contributed by atoms with Gasteiger partial charge in [0.15, 0.2) is 0 Å². The van der Waals surface area contributed by atoms with Crippen molar-refractivity contribution in [2.45, 2.75) is 25.8 Å². The van der Waals surface area contributed by atoms with E-state index in [-0.39, 0.29) is 0 Å². The molecule has 3 nitrogen and oxygen atoms in total. The lowest BCUT2D eigenvalue weighted by Gasteiger charge is -2.06. The fourth-order valence-corrected chi connectivity index (χ4v) is 1.59. The lowest BCUT2D eigenvalue weighted by molar-refractivity contribution is 0.773. The Morgan fingerprint density at radius 1 is 1.69 bits per heavy atom. The molecule has 0 aromatic carbocycles. The molecule has 1 aliphatic carbocycles. The van der Waals surface area contributed by atoms with Crippen LogP contribution in [0.4, 0.5) is 11.5 Å². The molecule has 13 heavy (non-hydrogen) atoms. The number of hydrogen-bond donors (Lipinski definition) is 2. The molecule has 2 rings (SSSR count). The molecule has 2 unspecified atom stereocenters. The maximum Gasteiger partial charge on any atom is 0.149 e. The zero-order valence-electron chi connectivity index (χ0n) is 7.83. The first-order valence-corrected chi connectivity index (χ1v) is 4.78. The molecular weight excluding hydrogens is 162 g/mol. The Morgan fingerprint density at radius 2 is 2.54 bits per heavy atom. The summed E-state index contributed by atoms with van der Waals surface area (Å²) in [6.45, 7) is 2.22. The van der Waals surface area contributed by atoms with Crippen LogP contribution in [0.5, 0.6) is 0 Å². The summed E-state index contributed by atoms with van der Waals surface area (Å²) in [6, 6.07) is 4.32. The monoisotopic (exact) mass is 177 g/mol. The first-order chi connectivity index (χ1) is 6.31. The van der Waals surface area contributed by atoms with Crippen LogP contribution < -0.4 is 11.1 Å². The van der Waals surface area contributed by atoms with Crippen molar-refractivity contribution in [1.29, 1.82) is 0 Å². The van der Waals surface area contributed by atoms with Gasteiger partial charge in [0.1, 0.15) is 5.82 Å². The Labute approximate surface area is 78.4 Å². The van der Waals surface area contributed by atoms with Crippen LogP contribution in [-0.2, 0) is 0 Å². The molecule has 1 fully saturated rings. The fourth-order valence-electron chi connectivity index (χ4n) is 1.59. The molecule has 3 N–H and O–H groups in total. The highest BCUT2D eigenvalue weighted by Crippen LogP contribution is 2.36. The van der Waals surface area contributed by atoms with Crippen molar-refractivity contribution < 1.29 is 0 Å². The molecule has 0 aliphatic heterocycles. The van der Waals surface area contributed by atoms with Crippen molar-refractivity contribution in [3.05, 3.63) is 18.3 Å². The second-order valence-electron chi connectivity index (χ2n) is 3.60. The lowest BCUT2D eigenvalue weighted by Crippen LogP contribution is -2.08. The molecule has 1 aromatic heterocycles. The number of anilines is 2. The van der Waals surface area contributed by atoms with E-state index in [0.717, 1.165) is 17.4 Å². The van der Waals surface area contributed by atoms with Gasteiger partial charge in [0.25, 0.3) is 0 Å². The highest BCUT2D eigenvalue weighted by atomic mass is 15.1. The third-order valence-electron chi connectivity index (χ3n) is 2.61. The van der Waals surface area contributed by atoms with Crippen LogP contribution in [0.15, 0.2) is 18.3 Å². The zero-order chi connectivity index (χ0) is 9.26. The molecule has 0 radical (unpaired) electrons. The van der Waals surface area contributed by atoms with Crippen molar-refractivity contribution >= 4 is 11.5 Å². The second-order valence-corrected chi connectivity index (χ2v) is 3.60. The van der Waals surface area contributed by atoms with Gasteiger partial charge < -0.3 is 11.1 Å². The van der Waals surface area contributed by atoms with E-state index in [2.05, 4.69) is 17.2 Å². The van der Waals surface area contributed by atoms with Gasteiger partial charge in [-0.2, -0.15) is 0 Å². The van der Waals surface area contributed by atoms with Gasteiger partial charge in [0, 0.05) is 12.2 Å². The smallest absolute Gasteiger partial charge is 0.149 e. The summed E-state index contributed by atoms with van der Waals surface area (Å²) >= 11 is 0. The molecular formula is C10H15N3. The summed E-state index contributed by atoms with van der Waals surface area (Å²) < 4.78 is 0. The third kappa shape index (κ3) is 1.74. The van der Waals surface area contributed by atoms with E-state index in [4.69, 9.17) is 5.73 Å². The van der Waals surface area contributed by atoms with E-state index in [1.54, 1.807) is 6.20 Å². The Morgan fingerprint density at radius 3 is 3.15 bits per heavy atom. The topological polar surface area (TPSA) is 50.9 Å². The molecule has 3 heteroatoms. The van der Waals surface area contributed by atoms with Crippen LogP contribution in [0, 0.1) is 5.92 Å². The average Bonchev–Trinajstić information content (AvgIpc) is 2.88. The molecule has 0 saturated heterocycles. The Bertz CT molecular complexity index is 298. The minimum atomic E-state index is 0.599. The van der Waals surface area contributed by atoms with Gasteiger partial charge in [-0.25, -0.2) is 4.98 Å². The Hall–Kier alpha value is -1.25. The molecule has 1 saturated carbocycles. The minimum Gasteiger partial charge on any atom is -0.396 e. The quantitative estimate of drug-likeness (QED) is 0.741. The van der Waals surface area contributed by atoms with Crippen molar-refractivity contribution in [2.75, 3.05) is 11.1 Å². The van der Waals surface area contributed by atoms with Gasteiger partial charge in [0.2, 0.25) is 0 Å². The molecule has 1 heterocycles. The van der Waals surface area contributed by atoms with Crippen LogP contribution in [-0.4, -0.2) is 11.0 Å². The summed E-state index contributed by atoms with van der Waals surface area (Å²) in [7, 11) is 0. The number of nitrogens with zero attached hydrogens (tertiary/aromatic N) is 1. The molecule has 0 spiro atoms. The van der Waals surface area contributed by atoms with Crippen molar-refractivity contribution in [3.8, 4) is 0 Å². The van der Waals surface area contributed by atoms with Gasteiger partial charge in [-0.3, -0.25) is 0 Å². The summed E-state index contributed by atoms with van der Waals surface area (Å²) in [4.78, 5) is 4.19. The van der Waals surface area contributed by atoms with Gasteiger partial charge in [-0.15, -0.1) is 0 Å². The van der Waals surface area contributed by atoms with E-state index >= 15 is 0 Å². The van der Waals surface area contributed by atoms with Crippen LogP contribution in [0.25, 0.3) is 0 Å². The van der Waals surface area contributed by atoms with E-state index in [1.165, 1.54) is 12.8 Å². The van der Waals surface area contributed by atoms with Gasteiger partial charge in [0.05, 0.1) is 5.69 Å². The molecule has 70 valence electrons. The maximum absolute atomic E-state index is 5.76. The number of aromatic nitrogens is 1. The molecule has 0 bridgehead atoms. The van der Waals surface area contributed by atoms with Gasteiger partial charge in [-0.1, -0.05) is 13.3 Å². The number of nitrogen functional groups attached to an aromatic ring is 1. The average molecular weight is 177 g/mol. The SMILES string of the molecule is CCC1CC1Nc1ncccc1N. The number of rotatable bonds is 3. The second kappa shape index (κ2) is 3.24. The highest BCUT2D eigenvalue weighted by Gasteiger charge is 2.35. The fraction of sp³-hybridized carbons (Fsp3) is 0.500. The maximum atomic E-state index is 5.76. The van der Waals surface area contributed by atoms with Crippen LogP contribution in [0.1, 0.15) is 19.8 Å². The lowest BCUT2D eigenvalue weighted by atomic mass is 10.3. The summed E-state index contributed by atoms with van der Waals surface area (Å²) in [5.74, 6) is 1.66. The predicted octanol–water partition coefficient (Wildman–Crippen LogP) is 1.87. The summed E-state index contributed by atoms with van der Waals surface area (Å²) in [5.41, 5.74) is 6.50. The third-order valence-corrected chi connectivity index (χ3v) is 2.61. The molecule has 2 atom stereocenters. The first-order valence-electron chi connectivity index (χ1n) is 4.78. The summed E-state index contributed by atoms with van der Waals surface area (Å²) in [6.07, 6.45) is 4.26. The predicted molar refractivity (Wildman–Crippen MR) is 54.5 cm³/mol.